The Morgan fingerprint density at radius 1 is 1.16 bits per heavy atom. The molecule has 0 aliphatic heterocycles. The van der Waals surface area contributed by atoms with Gasteiger partial charge in [-0.15, -0.1) is 0 Å². The van der Waals surface area contributed by atoms with E-state index in [1.54, 1.807) is 6.92 Å². The van der Waals surface area contributed by atoms with Gasteiger partial charge in [-0.3, -0.25) is 4.70 Å². The molecule has 0 spiro atoms. The van der Waals surface area contributed by atoms with Gasteiger partial charge in [-0.2, -0.15) is 0 Å². The van der Waals surface area contributed by atoms with Crippen LogP contribution in [0.3, 0.4) is 0 Å². The molecule has 11 heteroatoms. The fraction of sp³-hybridized carbons (Fsp3) is 0.286. The fourth-order valence-corrected chi connectivity index (χ4v) is 6.67. The van der Waals surface area contributed by atoms with Gasteiger partial charge >= 0.3 is 180 Å². The molecule has 3 aromatic heterocycles. The van der Waals surface area contributed by atoms with Crippen molar-refractivity contribution in [2.45, 2.75) is 35.2 Å². The van der Waals surface area contributed by atoms with Gasteiger partial charge in [-0.25, -0.2) is 4.39 Å². The van der Waals surface area contributed by atoms with E-state index >= 15 is 4.39 Å². The van der Waals surface area contributed by atoms with E-state index in [4.69, 9.17) is 19.1 Å². The molecule has 3 aromatic rings. The second-order valence-corrected chi connectivity index (χ2v) is 22.6. The molecule has 0 N–H and O–H groups in total. The van der Waals surface area contributed by atoms with Crippen LogP contribution in [0, 0.1) is 31.3 Å². The van der Waals surface area contributed by atoms with Crippen molar-refractivity contribution < 1.29 is 25.4 Å². The van der Waals surface area contributed by atoms with Crippen LogP contribution in [0.1, 0.15) is 19.7 Å². The van der Waals surface area contributed by atoms with E-state index in [2.05, 4.69) is 9.97 Å². The average Bonchev–Trinajstić information content (AvgIpc) is 2.66. The molecule has 0 unspecified atom stereocenters. The number of halogens is 5. The van der Waals surface area contributed by atoms with E-state index < -0.39 is 64.4 Å². The Hall–Kier alpha value is -2.14. The van der Waals surface area contributed by atoms with Crippen LogP contribution in [-0.4, -0.2) is 32.9 Å². The van der Waals surface area contributed by atoms with E-state index in [9.17, 15) is 13.6 Å². The van der Waals surface area contributed by atoms with Gasteiger partial charge in [0.1, 0.15) is 5.82 Å². The second kappa shape index (κ2) is 9.78. The summed E-state index contributed by atoms with van der Waals surface area (Å²) in [6.45, 7) is 0.230. The second-order valence-electron chi connectivity index (χ2n) is 8.00. The third kappa shape index (κ3) is 5.09. The van der Waals surface area contributed by atoms with Crippen molar-refractivity contribution in [2.75, 3.05) is 0 Å². The molecule has 172 valence electrons. The van der Waals surface area contributed by atoms with Crippen LogP contribution < -0.4 is 14.0 Å². The first-order valence-electron chi connectivity index (χ1n) is 10.2. The summed E-state index contributed by atoms with van der Waals surface area (Å²) in [6, 6.07) is 1.70. The minimum atomic E-state index is -2.97. The minimum absolute atomic E-state index is 0. The molecule has 0 bridgehead atoms. The van der Waals surface area contributed by atoms with Gasteiger partial charge in [-0.1, -0.05) is 0 Å². The van der Waals surface area contributed by atoms with Crippen molar-refractivity contribution in [2.24, 2.45) is 0 Å². The van der Waals surface area contributed by atoms with Gasteiger partial charge in [0, 0.05) is 0 Å². The summed E-state index contributed by atoms with van der Waals surface area (Å²) in [5.74, 6) is -3.25. The molecule has 0 saturated carbocycles. The number of pyridine rings is 3. The summed E-state index contributed by atoms with van der Waals surface area (Å²) >= 11 is 3.22. The SMILES string of the molecule is F.[2H]C([2H])(Oc1cc(C)n(-c2c(C)cn[c]([Sn]([CH3])([CH3])[CH3])c2F)c(=O)c1Cl)c1ncc(F)cc1F. The van der Waals surface area contributed by atoms with Crippen LogP contribution in [0.25, 0.3) is 5.69 Å². The zero-order valence-corrected chi connectivity index (χ0v) is 21.5. The Bertz CT molecular complexity index is 1320. The molecular formula is C21H22ClF4N3O2Sn. The Balaban J connectivity index is 0.00000408. The van der Waals surface area contributed by atoms with Crippen molar-refractivity contribution in [3.05, 3.63) is 74.3 Å². The number of aryl methyl sites for hydroxylation is 2. The van der Waals surface area contributed by atoms with Crippen molar-refractivity contribution >= 4 is 33.7 Å². The van der Waals surface area contributed by atoms with Crippen molar-refractivity contribution in [1.82, 2.24) is 14.5 Å². The predicted octanol–water partition coefficient (Wildman–Crippen LogP) is 4.59. The third-order valence-corrected chi connectivity index (χ3v) is 9.87. The number of hydrogen-bond donors (Lipinski definition) is 0. The van der Waals surface area contributed by atoms with Crippen molar-refractivity contribution in [3.8, 4) is 11.4 Å². The van der Waals surface area contributed by atoms with Crippen LogP contribution in [0.2, 0.25) is 19.8 Å². The van der Waals surface area contributed by atoms with Crippen LogP contribution in [0.5, 0.6) is 5.75 Å². The van der Waals surface area contributed by atoms with E-state index in [-0.39, 0.29) is 16.1 Å². The van der Waals surface area contributed by atoms with E-state index in [1.165, 1.54) is 19.2 Å². The fourth-order valence-electron chi connectivity index (χ4n) is 2.99. The predicted molar refractivity (Wildman–Crippen MR) is 118 cm³/mol. The number of hydrogen-bond acceptors (Lipinski definition) is 4. The summed E-state index contributed by atoms with van der Waals surface area (Å²) in [4.78, 5) is 26.8. The molecule has 0 radical (unpaired) electrons. The molecule has 0 aliphatic carbocycles. The topological polar surface area (TPSA) is 57.0 Å². The van der Waals surface area contributed by atoms with E-state index in [1.807, 2.05) is 14.8 Å². The van der Waals surface area contributed by atoms with Crippen molar-refractivity contribution in [3.63, 3.8) is 0 Å². The first-order chi connectivity index (χ1) is 15.1. The molecule has 5 nitrogen and oxygen atoms in total. The molecule has 0 fully saturated rings. The van der Waals surface area contributed by atoms with E-state index in [0.717, 1.165) is 4.57 Å². The van der Waals surface area contributed by atoms with Gasteiger partial charge in [-0.05, 0) is 0 Å². The third-order valence-electron chi connectivity index (χ3n) is 4.48. The van der Waals surface area contributed by atoms with Gasteiger partial charge in [0.25, 0.3) is 0 Å². The summed E-state index contributed by atoms with van der Waals surface area (Å²) in [7, 11) is 0. The number of nitrogens with zero attached hydrogens (tertiary/aromatic N) is 3. The Morgan fingerprint density at radius 2 is 1.81 bits per heavy atom. The van der Waals surface area contributed by atoms with Gasteiger partial charge in [0.2, 0.25) is 0 Å². The molecule has 32 heavy (non-hydrogen) atoms. The Kier molecular flexibility index (Phi) is 7.04. The van der Waals surface area contributed by atoms with Crippen LogP contribution in [0.4, 0.5) is 17.9 Å². The number of aromatic nitrogens is 3. The maximum atomic E-state index is 15.5. The maximum absolute atomic E-state index is 15.5. The van der Waals surface area contributed by atoms with Gasteiger partial charge < -0.3 is 0 Å². The molecule has 3 rings (SSSR count). The van der Waals surface area contributed by atoms with Crippen LogP contribution in [0.15, 0.2) is 29.3 Å². The standard InChI is InChI=1S/C18H12ClF3N3O2.3CH3.FH.Sn/c1-9-5-23-7-13(22)17(9)25-10(2)3-15(16(19)18(25)26)27-8-14-12(21)4-11(20)6-24-14;;;;;/h3-6H,8H2,1-2H3;3*1H3;1H;/i8D2;;;;;. The van der Waals surface area contributed by atoms with Gasteiger partial charge in [0.05, 0.1) is 0 Å². The van der Waals surface area contributed by atoms with E-state index in [0.29, 0.717) is 21.5 Å². The molecule has 0 aliphatic rings. The first kappa shape index (κ1) is 23.0. The summed E-state index contributed by atoms with van der Waals surface area (Å²) in [5.41, 5.74) is -1.05. The normalized spacial score (nSPS) is 12.7. The van der Waals surface area contributed by atoms with Crippen molar-refractivity contribution in [1.29, 1.82) is 0 Å². The molecule has 0 aromatic carbocycles. The number of ether oxygens (including phenoxy) is 1. The quantitative estimate of drug-likeness (QED) is 0.327. The molecular weight excluding hydrogens is 556 g/mol. The van der Waals surface area contributed by atoms with Crippen LogP contribution in [-0.2, 0) is 6.56 Å². The first-order valence-corrected chi connectivity index (χ1v) is 19.6. The average molecular weight is 581 g/mol. The monoisotopic (exact) mass is 581 g/mol. The number of rotatable bonds is 5. The van der Waals surface area contributed by atoms with Crippen LogP contribution >= 0.6 is 11.6 Å². The Labute approximate surface area is 194 Å². The zero-order valence-electron chi connectivity index (χ0n) is 19.9. The summed E-state index contributed by atoms with van der Waals surface area (Å²) in [6.07, 6.45) is 2.14. The zero-order chi connectivity index (χ0) is 24.9. The molecule has 0 amide bonds. The molecule has 0 saturated heterocycles. The van der Waals surface area contributed by atoms with Gasteiger partial charge in [0.15, 0.2) is 0 Å². The summed E-state index contributed by atoms with van der Waals surface area (Å²) in [5, 5.41) is -0.538. The molecule has 3 heterocycles. The Morgan fingerprint density at radius 3 is 2.41 bits per heavy atom. The molecule has 0 atom stereocenters. The summed E-state index contributed by atoms with van der Waals surface area (Å²) < 4.78 is 65.4.